The van der Waals surface area contributed by atoms with Crippen molar-refractivity contribution in [3.63, 3.8) is 0 Å². The molecule has 0 fully saturated rings. The molecule has 0 saturated carbocycles. The normalized spacial score (nSPS) is 11.0. The minimum Gasteiger partial charge on any atom is -0.494 e. The predicted molar refractivity (Wildman–Crippen MR) is 111 cm³/mol. The number of hydrogen-bond acceptors (Lipinski definition) is 4. The van der Waals surface area contributed by atoms with Crippen LogP contribution in [-0.2, 0) is 4.79 Å². The number of carbonyl (C=O) groups excluding carboxylic acids is 1. The molecule has 5 nitrogen and oxygen atoms in total. The van der Waals surface area contributed by atoms with Gasteiger partial charge in [0.2, 0.25) is 5.91 Å². The van der Waals surface area contributed by atoms with E-state index in [1.54, 1.807) is 0 Å². The Morgan fingerprint density at radius 1 is 1.11 bits per heavy atom. The second-order valence-electron chi connectivity index (χ2n) is 6.05. The lowest BCUT2D eigenvalue weighted by Gasteiger charge is -2.06. The first-order valence-electron chi connectivity index (χ1n) is 8.75. The Bertz CT molecular complexity index is 1110. The SMILES string of the molecule is CCOc1ccc2nc(SCC(=O)Nc3ccc4ccccc4c3)[nH]c2c1. The average molecular weight is 377 g/mol. The lowest BCUT2D eigenvalue weighted by molar-refractivity contribution is -0.113. The number of fused-ring (bicyclic) bond motifs is 2. The number of rotatable bonds is 6. The highest BCUT2D eigenvalue weighted by molar-refractivity contribution is 7.99. The fourth-order valence-corrected chi connectivity index (χ4v) is 3.57. The number of anilines is 1. The number of imidazole rings is 1. The fraction of sp³-hybridized carbons (Fsp3) is 0.143. The summed E-state index contributed by atoms with van der Waals surface area (Å²) in [6, 6.07) is 19.7. The number of aromatic nitrogens is 2. The number of aromatic amines is 1. The smallest absolute Gasteiger partial charge is 0.234 e. The van der Waals surface area contributed by atoms with Crippen molar-refractivity contribution in [3.8, 4) is 5.75 Å². The van der Waals surface area contributed by atoms with Crippen molar-refractivity contribution in [2.75, 3.05) is 17.7 Å². The van der Waals surface area contributed by atoms with Crippen molar-refractivity contribution >= 4 is 45.2 Å². The molecular weight excluding hydrogens is 358 g/mol. The Morgan fingerprint density at radius 2 is 1.96 bits per heavy atom. The summed E-state index contributed by atoms with van der Waals surface area (Å²) < 4.78 is 5.50. The Morgan fingerprint density at radius 3 is 2.81 bits per heavy atom. The molecule has 136 valence electrons. The first-order chi connectivity index (χ1) is 13.2. The lowest BCUT2D eigenvalue weighted by Crippen LogP contribution is -2.14. The highest BCUT2D eigenvalue weighted by Gasteiger charge is 2.09. The molecule has 1 heterocycles. The maximum Gasteiger partial charge on any atom is 0.234 e. The van der Waals surface area contributed by atoms with Crippen LogP contribution < -0.4 is 10.1 Å². The van der Waals surface area contributed by atoms with Gasteiger partial charge in [-0.25, -0.2) is 4.98 Å². The maximum absolute atomic E-state index is 12.3. The van der Waals surface area contributed by atoms with E-state index in [9.17, 15) is 4.79 Å². The van der Waals surface area contributed by atoms with Crippen molar-refractivity contribution in [1.82, 2.24) is 9.97 Å². The van der Waals surface area contributed by atoms with Gasteiger partial charge in [0.05, 0.1) is 23.4 Å². The van der Waals surface area contributed by atoms with E-state index in [-0.39, 0.29) is 11.7 Å². The van der Waals surface area contributed by atoms with Crippen LogP contribution in [0.1, 0.15) is 6.92 Å². The largest absolute Gasteiger partial charge is 0.494 e. The summed E-state index contributed by atoms with van der Waals surface area (Å²) in [5.74, 6) is 1.02. The van der Waals surface area contributed by atoms with Gasteiger partial charge in [0.1, 0.15) is 5.75 Å². The molecule has 0 saturated heterocycles. The van der Waals surface area contributed by atoms with Crippen LogP contribution in [0.4, 0.5) is 5.69 Å². The first-order valence-corrected chi connectivity index (χ1v) is 9.74. The van der Waals surface area contributed by atoms with Crippen LogP contribution in [0.25, 0.3) is 21.8 Å². The summed E-state index contributed by atoms with van der Waals surface area (Å²) in [5, 5.41) is 5.91. The minimum absolute atomic E-state index is 0.0641. The Kier molecular flexibility index (Phi) is 4.98. The molecule has 1 aromatic heterocycles. The monoisotopic (exact) mass is 377 g/mol. The minimum atomic E-state index is -0.0641. The molecule has 4 aromatic rings. The van der Waals surface area contributed by atoms with Crippen LogP contribution in [0.5, 0.6) is 5.75 Å². The molecule has 0 atom stereocenters. The van der Waals surface area contributed by atoms with Gasteiger partial charge in [-0.2, -0.15) is 0 Å². The molecule has 0 unspecified atom stereocenters. The van der Waals surface area contributed by atoms with Crippen LogP contribution >= 0.6 is 11.8 Å². The zero-order valence-electron chi connectivity index (χ0n) is 14.9. The van der Waals surface area contributed by atoms with Gasteiger partial charge in [-0.1, -0.05) is 42.1 Å². The molecule has 2 N–H and O–H groups in total. The molecule has 0 aliphatic carbocycles. The van der Waals surface area contributed by atoms with Crippen LogP contribution in [0.15, 0.2) is 65.8 Å². The summed E-state index contributed by atoms with van der Waals surface area (Å²) in [7, 11) is 0. The van der Waals surface area contributed by atoms with E-state index < -0.39 is 0 Å². The third kappa shape index (κ3) is 4.06. The molecule has 27 heavy (non-hydrogen) atoms. The van der Waals surface area contributed by atoms with Gasteiger partial charge >= 0.3 is 0 Å². The molecule has 4 rings (SSSR count). The predicted octanol–water partition coefficient (Wildman–Crippen LogP) is 4.85. The third-order valence-electron chi connectivity index (χ3n) is 4.12. The first kappa shape index (κ1) is 17.4. The van der Waals surface area contributed by atoms with E-state index in [0.717, 1.165) is 33.2 Å². The number of nitrogens with one attached hydrogen (secondary N) is 2. The van der Waals surface area contributed by atoms with Crippen molar-refractivity contribution in [2.45, 2.75) is 12.1 Å². The Hall–Kier alpha value is -2.99. The highest BCUT2D eigenvalue weighted by atomic mass is 32.2. The van der Waals surface area contributed by atoms with Gasteiger partial charge in [-0.3, -0.25) is 4.79 Å². The van der Waals surface area contributed by atoms with E-state index in [2.05, 4.69) is 21.4 Å². The Labute approximate surface area is 161 Å². The zero-order valence-corrected chi connectivity index (χ0v) is 15.7. The molecular formula is C21H19N3O2S. The number of carbonyl (C=O) groups is 1. The highest BCUT2D eigenvalue weighted by Crippen LogP contribution is 2.24. The van der Waals surface area contributed by atoms with E-state index >= 15 is 0 Å². The number of ether oxygens (including phenoxy) is 1. The second-order valence-corrected chi connectivity index (χ2v) is 7.02. The maximum atomic E-state index is 12.3. The number of amides is 1. The van der Waals surface area contributed by atoms with E-state index in [1.807, 2.05) is 61.5 Å². The standard InChI is InChI=1S/C21H19N3O2S/c1-2-26-17-9-10-18-19(12-17)24-21(23-18)27-13-20(25)22-16-8-7-14-5-3-4-6-15(14)11-16/h3-12H,2,13H2,1H3,(H,22,25)(H,23,24). The van der Waals surface area contributed by atoms with Crippen molar-refractivity contribution in [1.29, 1.82) is 0 Å². The second kappa shape index (κ2) is 7.72. The summed E-state index contributed by atoms with van der Waals surface area (Å²) in [5.41, 5.74) is 2.56. The van der Waals surface area contributed by atoms with Gasteiger partial charge in [-0.05, 0) is 42.0 Å². The molecule has 0 aliphatic heterocycles. The number of hydrogen-bond donors (Lipinski definition) is 2. The van der Waals surface area contributed by atoms with Gasteiger partial charge in [-0.15, -0.1) is 0 Å². The molecule has 3 aromatic carbocycles. The fourth-order valence-electron chi connectivity index (χ4n) is 2.89. The van der Waals surface area contributed by atoms with E-state index in [0.29, 0.717) is 11.8 Å². The van der Waals surface area contributed by atoms with Crippen LogP contribution in [0.3, 0.4) is 0 Å². The molecule has 0 radical (unpaired) electrons. The molecule has 0 bridgehead atoms. The van der Waals surface area contributed by atoms with Crippen LogP contribution in [0, 0.1) is 0 Å². The lowest BCUT2D eigenvalue weighted by atomic mass is 10.1. The van der Waals surface area contributed by atoms with Gasteiger partial charge in [0.25, 0.3) is 0 Å². The molecule has 0 aliphatic rings. The average Bonchev–Trinajstić information content (AvgIpc) is 3.09. The zero-order chi connectivity index (χ0) is 18.6. The summed E-state index contributed by atoms with van der Waals surface area (Å²) >= 11 is 1.38. The van der Waals surface area contributed by atoms with Crippen molar-refractivity contribution in [3.05, 3.63) is 60.7 Å². The third-order valence-corrected chi connectivity index (χ3v) is 4.99. The van der Waals surface area contributed by atoms with Crippen LogP contribution in [-0.4, -0.2) is 28.2 Å². The Balaban J connectivity index is 1.40. The number of benzene rings is 3. The number of nitrogens with zero attached hydrogens (tertiary/aromatic N) is 1. The quantitative estimate of drug-likeness (QED) is 0.472. The number of H-pyrrole nitrogens is 1. The topological polar surface area (TPSA) is 67.0 Å². The summed E-state index contributed by atoms with van der Waals surface area (Å²) in [6.07, 6.45) is 0. The van der Waals surface area contributed by atoms with E-state index in [4.69, 9.17) is 4.74 Å². The van der Waals surface area contributed by atoms with Gasteiger partial charge in [0.15, 0.2) is 5.16 Å². The molecule has 1 amide bonds. The number of thioether (sulfide) groups is 1. The molecule has 6 heteroatoms. The van der Waals surface area contributed by atoms with Gasteiger partial charge in [0, 0.05) is 11.8 Å². The molecule has 0 spiro atoms. The summed E-state index contributed by atoms with van der Waals surface area (Å²) in [6.45, 7) is 2.57. The van der Waals surface area contributed by atoms with E-state index in [1.165, 1.54) is 11.8 Å². The van der Waals surface area contributed by atoms with Crippen molar-refractivity contribution in [2.24, 2.45) is 0 Å². The van der Waals surface area contributed by atoms with Gasteiger partial charge < -0.3 is 15.0 Å². The van der Waals surface area contributed by atoms with Crippen molar-refractivity contribution < 1.29 is 9.53 Å². The summed E-state index contributed by atoms with van der Waals surface area (Å²) in [4.78, 5) is 20.0. The van der Waals surface area contributed by atoms with Crippen LogP contribution in [0.2, 0.25) is 0 Å².